The molecule has 6 nitrogen and oxygen atoms in total. The maximum Gasteiger partial charge on any atom is 0.265 e. The van der Waals surface area contributed by atoms with Crippen LogP contribution in [0.3, 0.4) is 0 Å². The Morgan fingerprint density at radius 3 is 2.56 bits per heavy atom. The van der Waals surface area contributed by atoms with Crippen molar-refractivity contribution in [3.05, 3.63) is 66.6 Å². The number of sulfonamides is 1. The van der Waals surface area contributed by atoms with Crippen molar-refractivity contribution in [1.82, 2.24) is 10.2 Å². The third-order valence-electron chi connectivity index (χ3n) is 3.97. The summed E-state index contributed by atoms with van der Waals surface area (Å²) in [6.45, 7) is 1.77. The van der Waals surface area contributed by atoms with E-state index in [1.54, 1.807) is 31.2 Å². The highest BCUT2D eigenvalue weighted by molar-refractivity contribution is 7.93. The number of aromatic amines is 1. The fourth-order valence-corrected chi connectivity index (χ4v) is 3.97. The first-order chi connectivity index (χ1) is 12.1. The number of H-pyrrole nitrogens is 1. The van der Waals surface area contributed by atoms with Crippen molar-refractivity contribution in [2.24, 2.45) is 0 Å². The molecule has 2 heterocycles. The molecule has 2 N–H and O–H groups in total. The van der Waals surface area contributed by atoms with Crippen LogP contribution in [-0.4, -0.2) is 18.6 Å². The van der Waals surface area contributed by atoms with Gasteiger partial charge in [-0.15, -0.1) is 0 Å². The summed E-state index contributed by atoms with van der Waals surface area (Å²) in [4.78, 5) is 0.0997. The molecule has 0 spiro atoms. The van der Waals surface area contributed by atoms with E-state index >= 15 is 0 Å². The maximum atomic E-state index is 12.9. The predicted octanol–water partition coefficient (Wildman–Crippen LogP) is 3.93. The summed E-state index contributed by atoms with van der Waals surface area (Å²) in [5.41, 5.74) is 2.96. The zero-order valence-corrected chi connectivity index (χ0v) is 14.2. The number of benzene rings is 2. The molecule has 0 bridgehead atoms. The molecule has 0 fully saturated rings. The van der Waals surface area contributed by atoms with E-state index < -0.39 is 10.0 Å². The topological polar surface area (TPSA) is 88.0 Å². The number of nitrogens with zero attached hydrogens (tertiary/aromatic N) is 1. The summed E-state index contributed by atoms with van der Waals surface area (Å²) < 4.78 is 33.8. The molecule has 0 saturated heterocycles. The molecule has 0 saturated carbocycles. The zero-order valence-electron chi connectivity index (χ0n) is 13.4. The average Bonchev–Trinajstić information content (AvgIpc) is 3.20. The van der Waals surface area contributed by atoms with Crippen LogP contribution in [0.25, 0.3) is 22.2 Å². The maximum absolute atomic E-state index is 12.9. The Bertz CT molecular complexity index is 1140. The largest absolute Gasteiger partial charge is 0.463 e. The molecule has 7 heteroatoms. The summed E-state index contributed by atoms with van der Waals surface area (Å²) in [6, 6.07) is 16.4. The molecule has 0 aliphatic carbocycles. The second kappa shape index (κ2) is 5.78. The number of hydrogen-bond acceptors (Lipinski definition) is 4. The van der Waals surface area contributed by atoms with Gasteiger partial charge in [0.1, 0.15) is 22.4 Å². The van der Waals surface area contributed by atoms with Crippen LogP contribution in [0, 0.1) is 6.92 Å². The standard InChI is InChI=1S/C18H15N3O3S/c1-12-17(18(20-19-12)13-7-3-2-4-8-13)21-25(22,23)16-11-24-15-10-6-5-9-14(15)16/h2-11,21H,1H3,(H,19,20). The van der Waals surface area contributed by atoms with Crippen molar-refractivity contribution in [3.63, 3.8) is 0 Å². The minimum Gasteiger partial charge on any atom is -0.463 e. The third-order valence-corrected chi connectivity index (χ3v) is 5.33. The van der Waals surface area contributed by atoms with Gasteiger partial charge in [0.05, 0.1) is 11.4 Å². The molecule has 4 aromatic rings. The lowest BCUT2D eigenvalue weighted by molar-refractivity contribution is 0.587. The fraction of sp³-hybridized carbons (Fsp3) is 0.0556. The molecule has 2 aromatic heterocycles. The number of rotatable bonds is 4. The first-order valence-corrected chi connectivity index (χ1v) is 9.14. The second-order valence-electron chi connectivity index (χ2n) is 5.64. The highest BCUT2D eigenvalue weighted by Crippen LogP contribution is 2.32. The van der Waals surface area contributed by atoms with Crippen LogP contribution < -0.4 is 4.72 Å². The molecule has 2 aromatic carbocycles. The van der Waals surface area contributed by atoms with Gasteiger partial charge in [0.25, 0.3) is 10.0 Å². The van der Waals surface area contributed by atoms with Gasteiger partial charge >= 0.3 is 0 Å². The van der Waals surface area contributed by atoms with Gasteiger partial charge in [-0.25, -0.2) is 8.42 Å². The molecule has 0 aliphatic rings. The van der Waals surface area contributed by atoms with E-state index in [0.717, 1.165) is 5.56 Å². The van der Waals surface area contributed by atoms with E-state index in [1.165, 1.54) is 6.26 Å². The Balaban J connectivity index is 1.79. The summed E-state index contributed by atoms with van der Waals surface area (Å²) in [6.07, 6.45) is 1.25. The molecule has 0 amide bonds. The number of furan rings is 1. The first-order valence-electron chi connectivity index (χ1n) is 7.66. The van der Waals surface area contributed by atoms with Crippen LogP contribution in [-0.2, 0) is 10.0 Å². The van der Waals surface area contributed by atoms with E-state index in [-0.39, 0.29) is 4.90 Å². The number of aryl methyl sites for hydroxylation is 1. The van der Waals surface area contributed by atoms with Gasteiger partial charge in [-0.2, -0.15) is 5.10 Å². The number of anilines is 1. The third kappa shape index (κ3) is 2.68. The van der Waals surface area contributed by atoms with E-state index in [9.17, 15) is 8.42 Å². The molecule has 0 radical (unpaired) electrons. The van der Waals surface area contributed by atoms with Crippen LogP contribution in [0.5, 0.6) is 0 Å². The van der Waals surface area contributed by atoms with Crippen molar-refractivity contribution in [1.29, 1.82) is 0 Å². The molecule has 0 atom stereocenters. The van der Waals surface area contributed by atoms with E-state index in [0.29, 0.717) is 28.0 Å². The van der Waals surface area contributed by atoms with Crippen molar-refractivity contribution >= 4 is 26.7 Å². The molecule has 25 heavy (non-hydrogen) atoms. The van der Waals surface area contributed by atoms with Gasteiger partial charge in [0.2, 0.25) is 0 Å². The van der Waals surface area contributed by atoms with Crippen molar-refractivity contribution in [3.8, 4) is 11.3 Å². The van der Waals surface area contributed by atoms with E-state index in [1.807, 2.05) is 30.3 Å². The summed E-state index contributed by atoms with van der Waals surface area (Å²) in [7, 11) is -3.82. The monoisotopic (exact) mass is 353 g/mol. The van der Waals surface area contributed by atoms with Crippen molar-refractivity contribution in [2.75, 3.05) is 4.72 Å². The minimum atomic E-state index is -3.82. The first kappa shape index (κ1) is 15.5. The Morgan fingerprint density at radius 2 is 1.76 bits per heavy atom. The lowest BCUT2D eigenvalue weighted by atomic mass is 10.1. The number of aromatic nitrogens is 2. The lowest BCUT2D eigenvalue weighted by Crippen LogP contribution is -2.13. The normalized spacial score (nSPS) is 11.7. The highest BCUT2D eigenvalue weighted by Gasteiger charge is 2.24. The van der Waals surface area contributed by atoms with E-state index in [2.05, 4.69) is 14.9 Å². The van der Waals surface area contributed by atoms with Crippen molar-refractivity contribution in [2.45, 2.75) is 11.8 Å². The zero-order chi connectivity index (χ0) is 17.4. The van der Waals surface area contributed by atoms with Crippen LogP contribution in [0.2, 0.25) is 0 Å². The molecule has 0 aliphatic heterocycles. The molecule has 4 rings (SSSR count). The SMILES string of the molecule is Cc1[nH]nc(-c2ccccc2)c1NS(=O)(=O)c1coc2ccccc12. The van der Waals surface area contributed by atoms with E-state index in [4.69, 9.17) is 4.42 Å². The Labute approximate surface area is 144 Å². The molecule has 126 valence electrons. The number of nitrogens with one attached hydrogen (secondary N) is 2. The van der Waals surface area contributed by atoms with Gasteiger partial charge in [0, 0.05) is 10.9 Å². The fourth-order valence-electron chi connectivity index (χ4n) is 2.71. The average molecular weight is 353 g/mol. The van der Waals surface area contributed by atoms with Crippen molar-refractivity contribution < 1.29 is 12.8 Å². The van der Waals surface area contributed by atoms with Crippen LogP contribution in [0.15, 0.2) is 70.2 Å². The molecule has 0 unspecified atom stereocenters. The molecular weight excluding hydrogens is 338 g/mol. The van der Waals surface area contributed by atoms with Crippen LogP contribution in [0.1, 0.15) is 5.69 Å². The summed E-state index contributed by atoms with van der Waals surface area (Å²) in [5, 5.41) is 7.62. The number of para-hydroxylation sites is 1. The summed E-state index contributed by atoms with van der Waals surface area (Å²) in [5.74, 6) is 0. The minimum absolute atomic E-state index is 0.0997. The summed E-state index contributed by atoms with van der Waals surface area (Å²) >= 11 is 0. The lowest BCUT2D eigenvalue weighted by Gasteiger charge is -2.08. The smallest absolute Gasteiger partial charge is 0.265 e. The quantitative estimate of drug-likeness (QED) is 0.582. The molecular formula is C18H15N3O3S. The number of fused-ring (bicyclic) bond motifs is 1. The highest BCUT2D eigenvalue weighted by atomic mass is 32.2. The van der Waals surface area contributed by atoms with Gasteiger partial charge in [-0.05, 0) is 19.1 Å². The Hall–Kier alpha value is -3.06. The predicted molar refractivity (Wildman–Crippen MR) is 95.8 cm³/mol. The van der Waals surface area contributed by atoms with Gasteiger partial charge in [0.15, 0.2) is 0 Å². The van der Waals surface area contributed by atoms with Gasteiger partial charge in [-0.1, -0.05) is 42.5 Å². The Kier molecular flexibility index (Phi) is 3.58. The van der Waals surface area contributed by atoms with Crippen LogP contribution >= 0.6 is 0 Å². The van der Waals surface area contributed by atoms with Crippen LogP contribution in [0.4, 0.5) is 5.69 Å². The number of hydrogen-bond donors (Lipinski definition) is 2. The van der Waals surface area contributed by atoms with Gasteiger partial charge in [-0.3, -0.25) is 9.82 Å². The van der Waals surface area contributed by atoms with Gasteiger partial charge < -0.3 is 4.42 Å². The second-order valence-corrected chi connectivity index (χ2v) is 7.29. The Morgan fingerprint density at radius 1 is 1.04 bits per heavy atom.